The van der Waals surface area contributed by atoms with Crippen LogP contribution in [-0.2, 0) is 12.5 Å². The summed E-state index contributed by atoms with van der Waals surface area (Å²) in [6, 6.07) is 7.00. The number of likely N-dealkylation sites (tertiary alicyclic amines) is 1. The fraction of sp³-hybridized carbons (Fsp3) is 0.522. The molecule has 0 N–H and O–H groups in total. The average Bonchev–Trinajstić information content (AvgIpc) is 3.03. The van der Waals surface area contributed by atoms with Gasteiger partial charge in [-0.1, -0.05) is 23.9 Å². The predicted octanol–water partition coefficient (Wildman–Crippen LogP) is 4.91. The van der Waals surface area contributed by atoms with Crippen LogP contribution < -0.4 is 0 Å². The Morgan fingerprint density at radius 3 is 3.07 bits per heavy atom. The van der Waals surface area contributed by atoms with E-state index in [0.717, 1.165) is 27.7 Å². The average molecular weight is 440 g/mol. The van der Waals surface area contributed by atoms with Gasteiger partial charge in [0.2, 0.25) is 0 Å². The van der Waals surface area contributed by atoms with Gasteiger partial charge in [0.25, 0.3) is 0 Å². The molecule has 158 valence electrons. The van der Waals surface area contributed by atoms with E-state index in [0.29, 0.717) is 5.41 Å². The third-order valence-corrected chi connectivity index (χ3v) is 8.81. The van der Waals surface area contributed by atoms with Crippen molar-refractivity contribution in [3.8, 4) is 0 Å². The zero-order valence-electron chi connectivity index (χ0n) is 18.2. The largest absolute Gasteiger partial charge is 0.305 e. The van der Waals surface area contributed by atoms with E-state index in [-0.39, 0.29) is 0 Å². The Morgan fingerprint density at radius 1 is 1.37 bits per heavy atom. The zero-order chi connectivity index (χ0) is 20.9. The van der Waals surface area contributed by atoms with E-state index in [1.54, 1.807) is 11.3 Å². The fourth-order valence-electron chi connectivity index (χ4n) is 4.92. The second kappa shape index (κ2) is 7.77. The molecule has 5 rings (SSSR count). The Balaban J connectivity index is 1.15. The Bertz CT molecular complexity index is 1110. The van der Waals surface area contributed by atoms with Crippen molar-refractivity contribution < 1.29 is 0 Å². The molecule has 1 aliphatic carbocycles. The number of benzene rings is 1. The quantitative estimate of drug-likeness (QED) is 0.387. The van der Waals surface area contributed by atoms with Gasteiger partial charge in [-0.25, -0.2) is 4.98 Å². The number of piperidine rings is 1. The summed E-state index contributed by atoms with van der Waals surface area (Å²) in [6.45, 7) is 9.84. The second-order valence-electron chi connectivity index (χ2n) is 8.75. The van der Waals surface area contributed by atoms with Crippen LogP contribution in [0.2, 0.25) is 0 Å². The lowest BCUT2D eigenvalue weighted by atomic mass is 9.95. The number of rotatable bonds is 7. The topological polar surface area (TPSA) is 46.8 Å². The molecule has 0 bridgehead atoms. The third kappa shape index (κ3) is 3.51. The molecule has 2 aromatic heterocycles. The van der Waals surface area contributed by atoms with Gasteiger partial charge < -0.3 is 9.47 Å². The van der Waals surface area contributed by atoms with Crippen LogP contribution >= 0.6 is 23.1 Å². The first-order valence-corrected chi connectivity index (χ1v) is 12.6. The number of thiazole rings is 1. The van der Waals surface area contributed by atoms with Crippen molar-refractivity contribution in [2.24, 2.45) is 13.0 Å². The molecule has 1 saturated carbocycles. The van der Waals surface area contributed by atoms with Crippen molar-refractivity contribution in [1.29, 1.82) is 0 Å². The highest BCUT2D eigenvalue weighted by atomic mass is 32.2. The smallest absolute Gasteiger partial charge is 0.191 e. The van der Waals surface area contributed by atoms with E-state index in [2.05, 4.69) is 64.8 Å². The fourth-order valence-corrected chi connectivity index (χ4v) is 6.56. The molecule has 0 spiro atoms. The molecule has 5 nitrogen and oxygen atoms in total. The summed E-state index contributed by atoms with van der Waals surface area (Å²) >= 11 is 3.61. The highest BCUT2D eigenvalue weighted by Crippen LogP contribution is 2.59. The first-order valence-electron chi connectivity index (χ1n) is 10.8. The van der Waals surface area contributed by atoms with E-state index in [1.807, 2.05) is 18.7 Å². The molecular formula is C23H29N5S2. The van der Waals surface area contributed by atoms with Crippen molar-refractivity contribution in [1.82, 2.24) is 24.6 Å². The van der Waals surface area contributed by atoms with Crippen molar-refractivity contribution in [2.45, 2.75) is 44.2 Å². The molecule has 30 heavy (non-hydrogen) atoms. The second-order valence-corrected chi connectivity index (χ2v) is 11.0. The molecule has 0 amide bonds. The standard InChI is InChI=1S/C23H29N5S2/c1-5-15(2)21-25-26-22(27(21)4)29-10-6-9-28-13-18-12-23(18,14-28)17-7-8-20-19(11-17)24-16(3)30-20/h5,7-8,11,18H,6,9-10,12-14H2,1-4H3/b15-5+/t18-,23+/m1/s1. The van der Waals surface area contributed by atoms with Crippen LogP contribution in [0, 0.1) is 12.8 Å². The number of aromatic nitrogens is 4. The molecule has 2 atom stereocenters. The van der Waals surface area contributed by atoms with Gasteiger partial charge in [0.1, 0.15) is 0 Å². The Morgan fingerprint density at radius 2 is 2.23 bits per heavy atom. The van der Waals surface area contributed by atoms with Crippen LogP contribution in [0.5, 0.6) is 0 Å². The molecule has 2 aliphatic rings. The number of hydrogen-bond donors (Lipinski definition) is 0. The summed E-state index contributed by atoms with van der Waals surface area (Å²) in [5, 5.41) is 10.9. The molecule has 7 heteroatoms. The summed E-state index contributed by atoms with van der Waals surface area (Å²) in [6.07, 6.45) is 4.61. The molecular weight excluding hydrogens is 410 g/mol. The minimum Gasteiger partial charge on any atom is -0.305 e. The molecule has 1 aliphatic heterocycles. The zero-order valence-corrected chi connectivity index (χ0v) is 19.8. The van der Waals surface area contributed by atoms with Crippen LogP contribution in [-0.4, -0.2) is 50.0 Å². The number of nitrogens with zero attached hydrogens (tertiary/aromatic N) is 5. The van der Waals surface area contributed by atoms with Crippen molar-refractivity contribution in [2.75, 3.05) is 25.4 Å². The maximum Gasteiger partial charge on any atom is 0.191 e. The van der Waals surface area contributed by atoms with Crippen LogP contribution in [0.25, 0.3) is 15.8 Å². The number of allylic oxidation sites excluding steroid dienone is 2. The normalized spacial score (nSPS) is 24.0. The molecule has 1 saturated heterocycles. The summed E-state index contributed by atoms with van der Waals surface area (Å²) in [7, 11) is 2.06. The molecule has 3 aromatic rings. The Kier molecular flexibility index (Phi) is 5.24. The van der Waals surface area contributed by atoms with E-state index in [9.17, 15) is 0 Å². The summed E-state index contributed by atoms with van der Waals surface area (Å²) in [5.41, 5.74) is 4.25. The highest BCUT2D eigenvalue weighted by molar-refractivity contribution is 7.99. The SMILES string of the molecule is C/C=C(\C)c1nnc(SCCCN2C[C@H]3C[C@@]3(c3ccc4sc(C)nc4c3)C2)n1C. The van der Waals surface area contributed by atoms with E-state index in [4.69, 9.17) is 4.98 Å². The summed E-state index contributed by atoms with van der Waals surface area (Å²) < 4.78 is 3.42. The lowest BCUT2D eigenvalue weighted by Gasteiger charge is -2.21. The number of aryl methyl sites for hydroxylation is 1. The predicted molar refractivity (Wildman–Crippen MR) is 126 cm³/mol. The number of fused-ring (bicyclic) bond motifs is 2. The number of hydrogen-bond acceptors (Lipinski definition) is 6. The van der Waals surface area contributed by atoms with Crippen molar-refractivity contribution in [3.05, 3.63) is 40.7 Å². The maximum atomic E-state index is 4.71. The Hall–Kier alpha value is -1.70. The first kappa shape index (κ1) is 20.2. The van der Waals surface area contributed by atoms with Gasteiger partial charge in [-0.05, 0) is 69.3 Å². The van der Waals surface area contributed by atoms with Crippen LogP contribution in [0.1, 0.15) is 43.1 Å². The monoisotopic (exact) mass is 439 g/mol. The maximum absolute atomic E-state index is 4.71. The van der Waals surface area contributed by atoms with E-state index < -0.39 is 0 Å². The van der Waals surface area contributed by atoms with Crippen LogP contribution in [0.4, 0.5) is 0 Å². The minimum absolute atomic E-state index is 0.390. The van der Waals surface area contributed by atoms with Gasteiger partial charge in [0.15, 0.2) is 11.0 Å². The summed E-state index contributed by atoms with van der Waals surface area (Å²) in [5.74, 6) is 2.88. The number of thioether (sulfide) groups is 1. The van der Waals surface area contributed by atoms with Crippen LogP contribution in [0.3, 0.4) is 0 Å². The van der Waals surface area contributed by atoms with Crippen molar-refractivity contribution >= 4 is 38.9 Å². The lowest BCUT2D eigenvalue weighted by Crippen LogP contribution is -2.27. The molecule has 1 aromatic carbocycles. The highest BCUT2D eigenvalue weighted by Gasteiger charge is 2.60. The van der Waals surface area contributed by atoms with Gasteiger partial charge in [0, 0.05) is 31.3 Å². The van der Waals surface area contributed by atoms with Gasteiger partial charge >= 0.3 is 0 Å². The molecule has 3 heterocycles. The molecule has 2 fully saturated rings. The lowest BCUT2D eigenvalue weighted by molar-refractivity contribution is 0.299. The van der Waals surface area contributed by atoms with Crippen molar-refractivity contribution in [3.63, 3.8) is 0 Å². The van der Waals surface area contributed by atoms with Crippen LogP contribution in [0.15, 0.2) is 29.4 Å². The molecule has 0 radical (unpaired) electrons. The summed E-state index contributed by atoms with van der Waals surface area (Å²) in [4.78, 5) is 7.38. The Labute approximate surface area is 186 Å². The van der Waals surface area contributed by atoms with Gasteiger partial charge in [-0.2, -0.15) is 0 Å². The van der Waals surface area contributed by atoms with Gasteiger partial charge in [0.05, 0.1) is 15.2 Å². The van der Waals surface area contributed by atoms with E-state index >= 15 is 0 Å². The van der Waals surface area contributed by atoms with Gasteiger partial charge in [-0.15, -0.1) is 21.5 Å². The third-order valence-electron chi connectivity index (χ3n) is 6.76. The first-order chi connectivity index (χ1) is 14.5. The minimum atomic E-state index is 0.390. The van der Waals surface area contributed by atoms with Gasteiger partial charge in [-0.3, -0.25) is 0 Å². The van der Waals surface area contributed by atoms with E-state index in [1.165, 1.54) is 53.8 Å². The molecule has 0 unspecified atom stereocenters.